The van der Waals surface area contributed by atoms with E-state index in [1.807, 2.05) is 6.07 Å². The van der Waals surface area contributed by atoms with Gasteiger partial charge in [-0.25, -0.2) is 0 Å². The largest absolute Gasteiger partial charge is 0.192 e. The Kier molecular flexibility index (Phi) is 1.86. The zero-order chi connectivity index (χ0) is 7.40. The minimum Gasteiger partial charge on any atom is -0.192 e. The van der Waals surface area contributed by atoms with Gasteiger partial charge in [-0.2, -0.15) is 5.26 Å². The van der Waals surface area contributed by atoms with Crippen LogP contribution in [0.15, 0.2) is 18.2 Å². The van der Waals surface area contributed by atoms with Crippen LogP contribution in [0.4, 0.5) is 0 Å². The molecule has 0 fully saturated rings. The first-order valence-electron chi connectivity index (χ1n) is 2.84. The second-order valence-corrected chi connectivity index (χ2v) is 1.80. The van der Waals surface area contributed by atoms with Crippen molar-refractivity contribution in [2.75, 3.05) is 0 Å². The topological polar surface area (TPSA) is 23.8 Å². The van der Waals surface area contributed by atoms with E-state index in [9.17, 15) is 0 Å². The molecule has 2 radical (unpaired) electrons. The Morgan fingerprint density at radius 2 is 2.40 bits per heavy atom. The summed E-state index contributed by atoms with van der Waals surface area (Å²) < 4.78 is 0. The van der Waals surface area contributed by atoms with Crippen molar-refractivity contribution in [2.24, 2.45) is 0 Å². The van der Waals surface area contributed by atoms with Crippen LogP contribution in [0.25, 0.3) is 6.08 Å². The van der Waals surface area contributed by atoms with Gasteiger partial charge in [0, 0.05) is 6.07 Å². The highest BCUT2D eigenvalue weighted by atomic mass is 14.2. The summed E-state index contributed by atoms with van der Waals surface area (Å²) >= 11 is 0. The molecule has 0 atom stereocenters. The third-order valence-electron chi connectivity index (χ3n) is 1.12. The smallest absolute Gasteiger partial charge is 0.0998 e. The van der Waals surface area contributed by atoms with Gasteiger partial charge in [-0.05, 0) is 11.6 Å². The van der Waals surface area contributed by atoms with Gasteiger partial charge in [0.15, 0.2) is 0 Å². The summed E-state index contributed by atoms with van der Waals surface area (Å²) in [5.41, 5.74) is 1.26. The van der Waals surface area contributed by atoms with E-state index >= 15 is 0 Å². The molecule has 0 aromatic heterocycles. The van der Waals surface area contributed by atoms with Gasteiger partial charge in [0.2, 0.25) is 0 Å². The normalized spacial score (nSPS) is 8.30. The average Bonchev–Trinajstić information content (AvgIpc) is 2.05. The Morgan fingerprint density at radius 3 is 3.00 bits per heavy atom. The molecule has 0 aliphatic carbocycles. The summed E-state index contributed by atoms with van der Waals surface area (Å²) in [5.74, 6) is 0. The lowest BCUT2D eigenvalue weighted by atomic mass is 10.1. The van der Waals surface area contributed by atoms with E-state index in [2.05, 4.69) is 6.07 Å². The van der Waals surface area contributed by atoms with E-state index in [-0.39, 0.29) is 0 Å². The molecule has 1 aromatic rings. The number of benzene rings is 1. The summed E-state index contributed by atoms with van der Waals surface area (Å²) in [7, 11) is 0. The van der Waals surface area contributed by atoms with Crippen LogP contribution < -0.4 is 0 Å². The number of hydrogen-bond donors (Lipinski definition) is 0. The molecule has 1 heteroatoms. The van der Waals surface area contributed by atoms with Gasteiger partial charge in [-0.3, -0.25) is 0 Å². The van der Waals surface area contributed by atoms with E-state index in [1.165, 1.54) is 6.08 Å². The van der Waals surface area contributed by atoms with E-state index in [1.54, 1.807) is 18.2 Å². The minimum atomic E-state index is 0.513. The first-order chi connectivity index (χ1) is 4.86. The zero-order valence-electron chi connectivity index (χ0n) is 5.33. The number of rotatable bonds is 1. The average molecular weight is 127 g/mol. The lowest BCUT2D eigenvalue weighted by molar-refractivity contribution is 1.47. The Morgan fingerprint density at radius 1 is 1.60 bits per heavy atom. The fourth-order valence-corrected chi connectivity index (χ4v) is 0.649. The quantitative estimate of drug-likeness (QED) is 0.564. The Balaban J connectivity index is 3.13. The maximum Gasteiger partial charge on any atom is 0.0998 e. The molecule has 0 unspecified atom stereocenters. The number of nitrogens with zero attached hydrogens (tertiary/aromatic N) is 1. The summed E-state index contributed by atoms with van der Waals surface area (Å²) in [4.78, 5) is 0. The van der Waals surface area contributed by atoms with Crippen LogP contribution in [-0.4, -0.2) is 0 Å². The first-order valence-corrected chi connectivity index (χ1v) is 2.84. The monoisotopic (exact) mass is 127 g/mol. The standard InChI is InChI=1S/C9H5N/c1-2-8-4-3-5-9(6-8)7-10/h1-5H. The van der Waals surface area contributed by atoms with Crippen LogP contribution in [0.1, 0.15) is 11.1 Å². The Labute approximate surface area is 60.2 Å². The molecular formula is C9H5N. The van der Waals surface area contributed by atoms with Crippen molar-refractivity contribution < 1.29 is 0 Å². The molecular weight excluding hydrogens is 122 g/mol. The van der Waals surface area contributed by atoms with Crippen LogP contribution in [0.3, 0.4) is 0 Å². The fourth-order valence-electron chi connectivity index (χ4n) is 0.649. The van der Waals surface area contributed by atoms with Crippen molar-refractivity contribution in [3.05, 3.63) is 42.0 Å². The molecule has 1 aromatic carbocycles. The second-order valence-electron chi connectivity index (χ2n) is 1.80. The lowest BCUT2D eigenvalue weighted by Gasteiger charge is -1.89. The molecule has 1 rings (SSSR count). The molecule has 0 spiro atoms. The third kappa shape index (κ3) is 1.24. The van der Waals surface area contributed by atoms with Crippen LogP contribution in [0, 0.1) is 24.0 Å². The molecule has 0 bridgehead atoms. The van der Waals surface area contributed by atoms with Crippen LogP contribution in [0.2, 0.25) is 0 Å². The van der Waals surface area contributed by atoms with Crippen molar-refractivity contribution in [1.29, 1.82) is 5.26 Å². The van der Waals surface area contributed by atoms with Gasteiger partial charge in [-0.15, -0.1) is 0 Å². The highest BCUT2D eigenvalue weighted by Gasteiger charge is 1.89. The molecule has 0 saturated heterocycles. The van der Waals surface area contributed by atoms with Gasteiger partial charge in [0.25, 0.3) is 0 Å². The van der Waals surface area contributed by atoms with Crippen molar-refractivity contribution in [1.82, 2.24) is 0 Å². The molecule has 0 amide bonds. The molecule has 1 nitrogen and oxygen atoms in total. The molecule has 46 valence electrons. The zero-order valence-corrected chi connectivity index (χ0v) is 5.33. The first kappa shape index (κ1) is 6.57. The predicted octanol–water partition coefficient (Wildman–Crippen LogP) is 1.80. The molecule has 0 heterocycles. The van der Waals surface area contributed by atoms with E-state index < -0.39 is 0 Å². The fraction of sp³-hybridized carbons (Fsp3) is 0. The molecule has 0 saturated carbocycles. The second kappa shape index (κ2) is 2.84. The summed E-state index contributed by atoms with van der Waals surface area (Å²) in [6.45, 7) is 5.21. The van der Waals surface area contributed by atoms with Gasteiger partial charge in [0.05, 0.1) is 11.6 Å². The van der Waals surface area contributed by atoms with Gasteiger partial charge >= 0.3 is 0 Å². The molecule has 0 aliphatic heterocycles. The molecule has 10 heavy (non-hydrogen) atoms. The summed E-state index contributed by atoms with van der Waals surface area (Å²) in [6.07, 6.45) is 1.42. The SMILES string of the molecule is [CH]=Cc1[c]c(C#N)ccc1. The van der Waals surface area contributed by atoms with Crippen LogP contribution in [-0.2, 0) is 0 Å². The summed E-state index contributed by atoms with van der Waals surface area (Å²) in [6, 6.07) is 10.0. The summed E-state index contributed by atoms with van der Waals surface area (Å²) in [5, 5.41) is 8.42. The van der Waals surface area contributed by atoms with Gasteiger partial charge < -0.3 is 0 Å². The predicted molar refractivity (Wildman–Crippen MR) is 38.8 cm³/mol. The highest BCUT2D eigenvalue weighted by molar-refractivity contribution is 5.47. The Bertz CT molecular complexity index is 281. The maximum absolute atomic E-state index is 8.42. The highest BCUT2D eigenvalue weighted by Crippen LogP contribution is 2.02. The number of hydrogen-bond acceptors (Lipinski definition) is 1. The molecule has 0 aliphatic rings. The van der Waals surface area contributed by atoms with Gasteiger partial charge in [0.1, 0.15) is 0 Å². The minimum absolute atomic E-state index is 0.513. The Hall–Kier alpha value is -1.55. The maximum atomic E-state index is 8.42. The van der Waals surface area contributed by atoms with E-state index in [4.69, 9.17) is 11.8 Å². The van der Waals surface area contributed by atoms with Gasteiger partial charge in [-0.1, -0.05) is 24.8 Å². The van der Waals surface area contributed by atoms with Crippen molar-refractivity contribution in [3.8, 4) is 6.07 Å². The van der Waals surface area contributed by atoms with Crippen LogP contribution in [0.5, 0.6) is 0 Å². The molecule has 0 N–H and O–H groups in total. The number of nitriles is 1. The van der Waals surface area contributed by atoms with E-state index in [0.717, 1.165) is 5.56 Å². The van der Waals surface area contributed by atoms with Crippen LogP contribution >= 0.6 is 0 Å². The van der Waals surface area contributed by atoms with Crippen molar-refractivity contribution in [3.63, 3.8) is 0 Å². The van der Waals surface area contributed by atoms with Crippen molar-refractivity contribution in [2.45, 2.75) is 0 Å². The lowest BCUT2D eigenvalue weighted by Crippen LogP contribution is -1.75. The third-order valence-corrected chi connectivity index (χ3v) is 1.12. The van der Waals surface area contributed by atoms with E-state index in [0.29, 0.717) is 5.56 Å². The van der Waals surface area contributed by atoms with Crippen molar-refractivity contribution >= 4 is 6.08 Å².